The summed E-state index contributed by atoms with van der Waals surface area (Å²) >= 11 is 0. The Kier molecular flexibility index (Phi) is 6.38. The van der Waals surface area contributed by atoms with E-state index in [1.54, 1.807) is 0 Å². The molecule has 0 spiro atoms. The van der Waals surface area contributed by atoms with Gasteiger partial charge >= 0.3 is 0 Å². The molecule has 3 unspecified atom stereocenters. The highest BCUT2D eigenvalue weighted by molar-refractivity contribution is 4.82. The zero-order valence-corrected chi connectivity index (χ0v) is 13.8. The van der Waals surface area contributed by atoms with Crippen LogP contribution >= 0.6 is 0 Å². The van der Waals surface area contributed by atoms with E-state index < -0.39 is 0 Å². The quantitative estimate of drug-likeness (QED) is 0.816. The fourth-order valence-electron chi connectivity index (χ4n) is 4.60. The maximum Gasteiger partial charge on any atom is 0.00702 e. The number of piperidine rings is 3. The minimum atomic E-state index is 0.801. The van der Waals surface area contributed by atoms with Crippen molar-refractivity contribution < 1.29 is 0 Å². The SMILES string of the molecule is C1CCN(CC2CCNC(CCC3CCCNC3)C2)CC1. The molecule has 0 amide bonds. The molecular formula is C18H35N3. The normalized spacial score (nSPS) is 35.7. The van der Waals surface area contributed by atoms with E-state index >= 15 is 0 Å². The summed E-state index contributed by atoms with van der Waals surface area (Å²) in [6, 6.07) is 0.801. The highest BCUT2D eigenvalue weighted by Crippen LogP contribution is 2.24. The van der Waals surface area contributed by atoms with E-state index in [0.29, 0.717) is 0 Å². The van der Waals surface area contributed by atoms with Gasteiger partial charge in [0, 0.05) is 12.6 Å². The molecule has 3 aliphatic heterocycles. The fraction of sp³-hybridized carbons (Fsp3) is 1.00. The first-order chi connectivity index (χ1) is 10.4. The van der Waals surface area contributed by atoms with Crippen LogP contribution in [-0.4, -0.2) is 50.2 Å². The molecule has 0 aromatic carbocycles. The molecule has 3 heteroatoms. The van der Waals surface area contributed by atoms with Gasteiger partial charge in [0.05, 0.1) is 0 Å². The summed E-state index contributed by atoms with van der Waals surface area (Å²) in [6.45, 7) is 7.87. The Bertz CT molecular complexity index is 282. The maximum atomic E-state index is 3.79. The number of rotatable bonds is 5. The van der Waals surface area contributed by atoms with Gasteiger partial charge in [-0.05, 0) is 95.9 Å². The van der Waals surface area contributed by atoms with Crippen molar-refractivity contribution in [1.82, 2.24) is 15.5 Å². The van der Waals surface area contributed by atoms with E-state index in [2.05, 4.69) is 15.5 Å². The number of nitrogens with zero attached hydrogens (tertiary/aromatic N) is 1. The van der Waals surface area contributed by atoms with Crippen LogP contribution in [0.4, 0.5) is 0 Å². The van der Waals surface area contributed by atoms with Crippen LogP contribution in [0, 0.1) is 11.8 Å². The molecule has 0 aromatic heterocycles. The minimum absolute atomic E-state index is 0.801. The Hall–Kier alpha value is -0.120. The van der Waals surface area contributed by atoms with Gasteiger partial charge in [0.15, 0.2) is 0 Å². The first-order valence-corrected chi connectivity index (χ1v) is 9.56. The molecule has 0 radical (unpaired) electrons. The summed E-state index contributed by atoms with van der Waals surface area (Å²) in [5.74, 6) is 1.90. The van der Waals surface area contributed by atoms with E-state index in [1.807, 2.05) is 0 Å². The molecule has 2 N–H and O–H groups in total. The second-order valence-corrected chi connectivity index (χ2v) is 7.69. The molecule has 3 rings (SSSR count). The van der Waals surface area contributed by atoms with Gasteiger partial charge in [0.25, 0.3) is 0 Å². The molecule has 3 saturated heterocycles. The molecule has 21 heavy (non-hydrogen) atoms. The number of nitrogens with one attached hydrogen (secondary N) is 2. The summed E-state index contributed by atoms with van der Waals surface area (Å²) in [6.07, 6.45) is 12.8. The monoisotopic (exact) mass is 293 g/mol. The third-order valence-corrected chi connectivity index (χ3v) is 5.89. The largest absolute Gasteiger partial charge is 0.316 e. The smallest absolute Gasteiger partial charge is 0.00702 e. The van der Waals surface area contributed by atoms with Crippen LogP contribution in [0.5, 0.6) is 0 Å². The van der Waals surface area contributed by atoms with Gasteiger partial charge in [0.1, 0.15) is 0 Å². The molecule has 3 aliphatic rings. The molecular weight excluding hydrogens is 258 g/mol. The molecule has 122 valence electrons. The van der Waals surface area contributed by atoms with Gasteiger partial charge in [-0.25, -0.2) is 0 Å². The molecule has 3 heterocycles. The van der Waals surface area contributed by atoms with E-state index in [9.17, 15) is 0 Å². The Morgan fingerprint density at radius 2 is 1.76 bits per heavy atom. The number of hydrogen-bond acceptors (Lipinski definition) is 3. The van der Waals surface area contributed by atoms with E-state index in [4.69, 9.17) is 0 Å². The van der Waals surface area contributed by atoms with Crippen molar-refractivity contribution >= 4 is 0 Å². The van der Waals surface area contributed by atoms with E-state index in [0.717, 1.165) is 17.9 Å². The lowest BCUT2D eigenvalue weighted by Gasteiger charge is -2.36. The summed E-state index contributed by atoms with van der Waals surface area (Å²) < 4.78 is 0. The first-order valence-electron chi connectivity index (χ1n) is 9.56. The first kappa shape index (κ1) is 15.8. The Balaban J connectivity index is 1.36. The molecule has 3 atom stereocenters. The van der Waals surface area contributed by atoms with Gasteiger partial charge in [-0.15, -0.1) is 0 Å². The molecule has 0 bridgehead atoms. The highest BCUT2D eigenvalue weighted by atomic mass is 15.1. The van der Waals surface area contributed by atoms with Crippen LogP contribution in [0.3, 0.4) is 0 Å². The van der Waals surface area contributed by atoms with Crippen molar-refractivity contribution in [3.8, 4) is 0 Å². The fourth-order valence-corrected chi connectivity index (χ4v) is 4.60. The summed E-state index contributed by atoms with van der Waals surface area (Å²) in [5, 5.41) is 7.35. The van der Waals surface area contributed by atoms with Crippen molar-refractivity contribution in [3.63, 3.8) is 0 Å². The number of hydrogen-bond donors (Lipinski definition) is 2. The van der Waals surface area contributed by atoms with Gasteiger partial charge in [-0.2, -0.15) is 0 Å². The van der Waals surface area contributed by atoms with Crippen LogP contribution in [0.25, 0.3) is 0 Å². The van der Waals surface area contributed by atoms with Crippen molar-refractivity contribution in [2.45, 2.75) is 63.8 Å². The van der Waals surface area contributed by atoms with E-state index in [1.165, 1.54) is 97.1 Å². The Morgan fingerprint density at radius 3 is 2.57 bits per heavy atom. The third-order valence-electron chi connectivity index (χ3n) is 5.89. The zero-order valence-electron chi connectivity index (χ0n) is 13.8. The van der Waals surface area contributed by atoms with Crippen LogP contribution in [0.15, 0.2) is 0 Å². The van der Waals surface area contributed by atoms with Gasteiger partial charge < -0.3 is 15.5 Å². The van der Waals surface area contributed by atoms with Crippen LogP contribution in [-0.2, 0) is 0 Å². The van der Waals surface area contributed by atoms with Gasteiger partial charge in [-0.3, -0.25) is 0 Å². The molecule has 3 fully saturated rings. The Morgan fingerprint density at radius 1 is 0.857 bits per heavy atom. The lowest BCUT2D eigenvalue weighted by atomic mass is 9.86. The molecule has 0 aliphatic carbocycles. The van der Waals surface area contributed by atoms with Crippen LogP contribution in [0.1, 0.15) is 57.8 Å². The lowest BCUT2D eigenvalue weighted by Crippen LogP contribution is -2.43. The average molecular weight is 293 g/mol. The standard InChI is InChI=1S/C18H35N3/c1-2-11-21(12-3-1)15-17-8-10-20-18(13-17)7-6-16-5-4-9-19-14-16/h16-20H,1-15H2. The average Bonchev–Trinajstić information content (AvgIpc) is 2.55. The van der Waals surface area contributed by atoms with Gasteiger partial charge in [0.2, 0.25) is 0 Å². The van der Waals surface area contributed by atoms with Crippen molar-refractivity contribution in [2.75, 3.05) is 39.3 Å². The van der Waals surface area contributed by atoms with Crippen LogP contribution in [0.2, 0.25) is 0 Å². The van der Waals surface area contributed by atoms with Crippen molar-refractivity contribution in [2.24, 2.45) is 11.8 Å². The van der Waals surface area contributed by atoms with Crippen molar-refractivity contribution in [3.05, 3.63) is 0 Å². The third kappa shape index (κ3) is 5.22. The lowest BCUT2D eigenvalue weighted by molar-refractivity contribution is 0.160. The molecule has 0 aromatic rings. The maximum absolute atomic E-state index is 3.79. The van der Waals surface area contributed by atoms with Crippen LogP contribution < -0.4 is 10.6 Å². The highest BCUT2D eigenvalue weighted by Gasteiger charge is 2.25. The minimum Gasteiger partial charge on any atom is -0.316 e. The number of likely N-dealkylation sites (tertiary alicyclic amines) is 1. The predicted molar refractivity (Wildman–Crippen MR) is 89.6 cm³/mol. The van der Waals surface area contributed by atoms with E-state index in [-0.39, 0.29) is 0 Å². The Labute approximate surface area is 131 Å². The second kappa shape index (κ2) is 8.50. The second-order valence-electron chi connectivity index (χ2n) is 7.69. The molecule has 0 saturated carbocycles. The van der Waals surface area contributed by atoms with Crippen molar-refractivity contribution in [1.29, 1.82) is 0 Å². The summed E-state index contributed by atoms with van der Waals surface area (Å²) in [4.78, 5) is 2.74. The molecule has 3 nitrogen and oxygen atoms in total. The summed E-state index contributed by atoms with van der Waals surface area (Å²) in [7, 11) is 0. The topological polar surface area (TPSA) is 27.3 Å². The zero-order chi connectivity index (χ0) is 14.3. The predicted octanol–water partition coefficient (Wildman–Crippen LogP) is 2.62. The summed E-state index contributed by atoms with van der Waals surface area (Å²) in [5.41, 5.74) is 0. The van der Waals surface area contributed by atoms with Gasteiger partial charge in [-0.1, -0.05) is 6.42 Å².